The molecule has 0 radical (unpaired) electrons. The van der Waals surface area contributed by atoms with Gasteiger partial charge in [-0.2, -0.15) is 12.9 Å². The zero-order valence-electron chi connectivity index (χ0n) is 8.71. The van der Waals surface area contributed by atoms with Gasteiger partial charge in [0, 0.05) is 0 Å². The Labute approximate surface area is 76.5 Å². The summed E-state index contributed by atoms with van der Waals surface area (Å²) in [6, 6.07) is 0. The first kappa shape index (κ1) is 11.6. The summed E-state index contributed by atoms with van der Waals surface area (Å²) in [4.78, 5) is 0. The van der Waals surface area contributed by atoms with Gasteiger partial charge in [-0.1, -0.05) is 0 Å². The predicted octanol–water partition coefficient (Wildman–Crippen LogP) is 2.70. The van der Waals surface area contributed by atoms with E-state index in [9.17, 15) is 4.21 Å². The van der Waals surface area contributed by atoms with Crippen LogP contribution in [-0.2, 0) is 10.4 Å². The highest BCUT2D eigenvalue weighted by Gasteiger charge is 2.09. The lowest BCUT2D eigenvalue weighted by atomic mass is 10.1. The average molecular weight is 190 g/mol. The average Bonchev–Trinajstić information content (AvgIpc) is 1.49. The summed E-state index contributed by atoms with van der Waals surface area (Å²) in [7, 11) is -1.41. The molecule has 0 atom stereocenters. The van der Waals surface area contributed by atoms with E-state index in [1.165, 1.54) is 0 Å². The van der Waals surface area contributed by atoms with Crippen molar-refractivity contribution in [3.63, 3.8) is 0 Å². The third-order valence-electron chi connectivity index (χ3n) is 0.704. The summed E-state index contributed by atoms with van der Waals surface area (Å²) < 4.78 is 19.3. The molecule has 4 heteroatoms. The molecule has 0 aromatic carbocycles. The molecule has 0 aromatic rings. The Hall–Kier alpha value is -0.380. The number of rotatable bonds is 0. The van der Waals surface area contributed by atoms with Crippen LogP contribution in [-0.4, -0.2) is 15.3 Å². The van der Waals surface area contributed by atoms with Crippen LogP contribution in [0.15, 0.2) is 8.73 Å². The van der Waals surface area contributed by atoms with E-state index in [1.54, 1.807) is 0 Å². The highest BCUT2D eigenvalue weighted by Crippen LogP contribution is 2.09. The highest BCUT2D eigenvalue weighted by atomic mass is 32.2. The van der Waals surface area contributed by atoms with Crippen molar-refractivity contribution in [2.75, 3.05) is 0 Å². The number of hydrogen-bond acceptors (Lipinski definition) is 3. The van der Waals surface area contributed by atoms with E-state index in [0.29, 0.717) is 0 Å². The summed E-state index contributed by atoms with van der Waals surface area (Å²) in [5.74, 6) is 0. The van der Waals surface area contributed by atoms with Crippen molar-refractivity contribution in [2.45, 2.75) is 52.6 Å². The van der Waals surface area contributed by atoms with Crippen LogP contribution in [0.1, 0.15) is 41.5 Å². The quantitative estimate of drug-likeness (QED) is 0.579. The van der Waals surface area contributed by atoms with Crippen LogP contribution in [0.5, 0.6) is 0 Å². The molecule has 0 amide bonds. The summed E-state index contributed by atoms with van der Waals surface area (Å²) >= 11 is 0. The fourth-order valence-corrected chi connectivity index (χ4v) is 1.47. The molecule has 0 heterocycles. The van der Waals surface area contributed by atoms with E-state index in [0.717, 1.165) is 0 Å². The van der Waals surface area contributed by atoms with Crippen LogP contribution in [0.2, 0.25) is 0 Å². The van der Waals surface area contributed by atoms with Crippen LogP contribution < -0.4 is 0 Å². The van der Waals surface area contributed by atoms with Gasteiger partial charge in [0.1, 0.15) is 0 Å². The summed E-state index contributed by atoms with van der Waals surface area (Å²) in [5, 5.41) is 0. The van der Waals surface area contributed by atoms with Crippen LogP contribution in [0, 0.1) is 0 Å². The predicted molar refractivity (Wildman–Crippen MR) is 52.5 cm³/mol. The zero-order chi connectivity index (χ0) is 9.99. The second kappa shape index (κ2) is 3.56. The minimum Gasteiger partial charge on any atom is -0.186 e. The normalized spacial score (nSPS) is 12.5. The van der Waals surface area contributed by atoms with Gasteiger partial charge >= 0.3 is 0 Å². The molecule has 12 heavy (non-hydrogen) atoms. The van der Waals surface area contributed by atoms with Gasteiger partial charge in [0.2, 0.25) is 0 Å². The molecule has 0 aliphatic heterocycles. The second-order valence-corrected chi connectivity index (χ2v) is 5.58. The Bertz CT molecular complexity index is 251. The molecule has 0 saturated carbocycles. The second-order valence-electron chi connectivity index (χ2n) is 4.75. The maximum atomic E-state index is 11.3. The molecule has 0 rings (SSSR count). The molecule has 0 fully saturated rings. The van der Waals surface area contributed by atoms with Gasteiger partial charge in [-0.05, 0) is 41.5 Å². The topological polar surface area (TPSA) is 41.8 Å². The van der Waals surface area contributed by atoms with Crippen LogP contribution in [0.3, 0.4) is 0 Å². The van der Waals surface area contributed by atoms with Gasteiger partial charge in [-0.25, -0.2) is 0 Å². The molecule has 0 aliphatic carbocycles. The molecule has 0 spiro atoms. The van der Waals surface area contributed by atoms with Gasteiger partial charge in [0.05, 0.1) is 11.1 Å². The minimum atomic E-state index is -1.41. The van der Waals surface area contributed by atoms with Gasteiger partial charge in [-0.15, -0.1) is 0 Å². The lowest BCUT2D eigenvalue weighted by Crippen LogP contribution is -2.11. The molecule has 3 nitrogen and oxygen atoms in total. The molecular weight excluding hydrogens is 172 g/mol. The van der Waals surface area contributed by atoms with Crippen molar-refractivity contribution >= 4 is 10.4 Å². The molecular formula is C8H18N2OS. The molecule has 0 bridgehead atoms. The van der Waals surface area contributed by atoms with Crippen molar-refractivity contribution in [1.29, 1.82) is 0 Å². The number of nitrogens with zero attached hydrogens (tertiary/aromatic N) is 2. The standard InChI is InChI=1S/C8H18N2OS/c1-7(2,3)9-12(11)10-8(4,5)6/h1-6H3. The largest absolute Gasteiger partial charge is 0.193 e. The van der Waals surface area contributed by atoms with Gasteiger partial charge in [-0.3, -0.25) is 0 Å². The Balaban J connectivity index is 4.86. The van der Waals surface area contributed by atoms with Crippen LogP contribution in [0.25, 0.3) is 0 Å². The molecule has 72 valence electrons. The Kier molecular flexibility index (Phi) is 3.45. The third kappa shape index (κ3) is 7.72. The summed E-state index contributed by atoms with van der Waals surface area (Å²) in [5.41, 5.74) is -0.556. The fourth-order valence-electron chi connectivity index (χ4n) is 0.489. The first-order valence-electron chi connectivity index (χ1n) is 3.98. The summed E-state index contributed by atoms with van der Waals surface area (Å²) in [6.07, 6.45) is 0. The van der Waals surface area contributed by atoms with Crippen molar-refractivity contribution < 1.29 is 4.21 Å². The zero-order valence-corrected chi connectivity index (χ0v) is 9.53. The molecule has 0 unspecified atom stereocenters. The number of hydrogen-bond donors (Lipinski definition) is 0. The Morgan fingerprint density at radius 2 is 1.08 bits per heavy atom. The van der Waals surface area contributed by atoms with Gasteiger partial charge in [0.25, 0.3) is 0 Å². The van der Waals surface area contributed by atoms with Crippen molar-refractivity contribution in [1.82, 2.24) is 0 Å². The van der Waals surface area contributed by atoms with E-state index in [2.05, 4.69) is 8.73 Å². The first-order chi connectivity index (χ1) is 5.10. The van der Waals surface area contributed by atoms with Crippen molar-refractivity contribution in [2.24, 2.45) is 8.73 Å². The van der Waals surface area contributed by atoms with Gasteiger partial charge in [0.15, 0.2) is 10.4 Å². The molecule has 0 aliphatic rings. The highest BCUT2D eigenvalue weighted by molar-refractivity contribution is 7.64. The van der Waals surface area contributed by atoms with E-state index in [-0.39, 0.29) is 11.1 Å². The third-order valence-corrected chi connectivity index (χ3v) is 2.11. The maximum absolute atomic E-state index is 11.3. The monoisotopic (exact) mass is 190 g/mol. The lowest BCUT2D eigenvalue weighted by molar-refractivity contribution is 0.571. The Morgan fingerprint density at radius 1 is 0.833 bits per heavy atom. The smallest absolute Gasteiger partial charge is 0.186 e. The van der Waals surface area contributed by atoms with Crippen molar-refractivity contribution in [3.05, 3.63) is 0 Å². The molecule has 0 N–H and O–H groups in total. The molecule has 0 aromatic heterocycles. The SMILES string of the molecule is CC(C)(C)N=S(=O)=NC(C)(C)C. The van der Waals surface area contributed by atoms with E-state index >= 15 is 0 Å². The maximum Gasteiger partial charge on any atom is 0.193 e. The fraction of sp³-hybridized carbons (Fsp3) is 1.00. The first-order valence-corrected chi connectivity index (χ1v) is 5.04. The van der Waals surface area contributed by atoms with Crippen LogP contribution >= 0.6 is 0 Å². The van der Waals surface area contributed by atoms with E-state index in [4.69, 9.17) is 0 Å². The van der Waals surface area contributed by atoms with E-state index < -0.39 is 10.4 Å². The Morgan fingerprint density at radius 3 is 1.25 bits per heavy atom. The van der Waals surface area contributed by atoms with Gasteiger partial charge < -0.3 is 0 Å². The van der Waals surface area contributed by atoms with Crippen molar-refractivity contribution in [3.8, 4) is 0 Å². The van der Waals surface area contributed by atoms with Crippen LogP contribution in [0.4, 0.5) is 0 Å². The lowest BCUT2D eigenvalue weighted by Gasteiger charge is -2.09. The molecule has 0 saturated heterocycles. The minimum absolute atomic E-state index is 0.278. The van der Waals surface area contributed by atoms with E-state index in [1.807, 2.05) is 41.5 Å². The summed E-state index contributed by atoms with van der Waals surface area (Å²) in [6.45, 7) is 11.4.